The van der Waals surface area contributed by atoms with Crippen molar-refractivity contribution in [2.45, 2.75) is 32.0 Å². The zero-order valence-electron chi connectivity index (χ0n) is 15.8. The molecule has 1 saturated heterocycles. The SMILES string of the molecule is Cc1ncsc1C(=O)N1CCC[C@@H]1c1ccnc(Nc2cc(C(F)(F)F)ccn2)n1. The molecule has 1 N–H and O–H groups in total. The fourth-order valence-electron chi connectivity index (χ4n) is 3.36. The molecule has 1 amide bonds. The van der Waals surface area contributed by atoms with E-state index >= 15 is 0 Å². The molecule has 156 valence electrons. The molecule has 0 spiro atoms. The molecule has 0 bridgehead atoms. The van der Waals surface area contributed by atoms with E-state index in [-0.39, 0.29) is 23.7 Å². The van der Waals surface area contributed by atoms with Crippen LogP contribution in [0, 0.1) is 6.92 Å². The predicted molar refractivity (Wildman–Crippen MR) is 104 cm³/mol. The standard InChI is InChI=1S/C19H17F3N6OS/c1-11-16(30-10-25-11)17(29)28-8-2-3-14(28)13-5-7-24-18(26-13)27-15-9-12(4-6-23-15)19(20,21)22/h4-7,9-10,14H,2-3,8H2,1H3,(H,23,24,26,27)/t14-/m1/s1. The van der Waals surface area contributed by atoms with E-state index in [1.165, 1.54) is 17.5 Å². The molecule has 7 nitrogen and oxygen atoms in total. The number of hydrogen-bond donors (Lipinski definition) is 1. The molecule has 0 aliphatic carbocycles. The van der Waals surface area contributed by atoms with Gasteiger partial charge >= 0.3 is 6.18 Å². The topological polar surface area (TPSA) is 83.9 Å². The third kappa shape index (κ3) is 4.11. The average molecular weight is 434 g/mol. The molecule has 1 aliphatic heterocycles. The van der Waals surface area contributed by atoms with Gasteiger partial charge in [0.1, 0.15) is 10.7 Å². The molecule has 30 heavy (non-hydrogen) atoms. The number of amides is 1. The van der Waals surface area contributed by atoms with Crippen LogP contribution in [-0.4, -0.2) is 37.3 Å². The molecule has 0 radical (unpaired) electrons. The Morgan fingerprint density at radius 1 is 1.23 bits per heavy atom. The second-order valence-electron chi connectivity index (χ2n) is 6.78. The van der Waals surface area contributed by atoms with Crippen LogP contribution >= 0.6 is 11.3 Å². The second-order valence-corrected chi connectivity index (χ2v) is 7.64. The first-order chi connectivity index (χ1) is 14.3. The molecule has 3 aromatic rings. The van der Waals surface area contributed by atoms with Crippen molar-refractivity contribution in [3.05, 3.63) is 57.9 Å². The van der Waals surface area contributed by atoms with E-state index in [9.17, 15) is 18.0 Å². The molecule has 4 heterocycles. The number of thiazole rings is 1. The van der Waals surface area contributed by atoms with Crippen molar-refractivity contribution in [3.63, 3.8) is 0 Å². The monoisotopic (exact) mass is 434 g/mol. The Morgan fingerprint density at radius 3 is 2.77 bits per heavy atom. The smallest absolute Gasteiger partial charge is 0.329 e. The Hall–Kier alpha value is -3.08. The Balaban J connectivity index is 1.56. The fraction of sp³-hybridized carbons (Fsp3) is 0.316. The Labute approximate surface area is 174 Å². The maximum atomic E-state index is 12.9. The van der Waals surface area contributed by atoms with Gasteiger partial charge < -0.3 is 10.2 Å². The summed E-state index contributed by atoms with van der Waals surface area (Å²) in [6, 6.07) is 3.26. The number of nitrogens with one attached hydrogen (secondary N) is 1. The lowest BCUT2D eigenvalue weighted by Gasteiger charge is -2.24. The maximum Gasteiger partial charge on any atom is 0.416 e. The molecule has 3 aromatic heterocycles. The highest BCUT2D eigenvalue weighted by molar-refractivity contribution is 7.11. The van der Waals surface area contributed by atoms with Gasteiger partial charge in [0.2, 0.25) is 5.95 Å². The second kappa shape index (κ2) is 7.98. The quantitative estimate of drug-likeness (QED) is 0.656. The molecule has 4 rings (SSSR count). The molecule has 0 saturated carbocycles. The van der Waals surface area contributed by atoms with Gasteiger partial charge in [0.05, 0.1) is 28.5 Å². The third-order valence-electron chi connectivity index (χ3n) is 4.80. The highest BCUT2D eigenvalue weighted by Crippen LogP contribution is 2.34. The van der Waals surface area contributed by atoms with Crippen LogP contribution in [0.15, 0.2) is 36.1 Å². The number of carbonyl (C=O) groups excluding carboxylic acids is 1. The van der Waals surface area contributed by atoms with Crippen LogP contribution in [0.3, 0.4) is 0 Å². The van der Waals surface area contributed by atoms with Crippen molar-refractivity contribution in [2.24, 2.45) is 0 Å². The van der Waals surface area contributed by atoms with Gasteiger partial charge in [0.25, 0.3) is 5.91 Å². The number of nitrogens with zero attached hydrogens (tertiary/aromatic N) is 5. The van der Waals surface area contributed by atoms with Gasteiger partial charge in [-0.1, -0.05) is 0 Å². The minimum Gasteiger partial charge on any atom is -0.329 e. The zero-order valence-corrected chi connectivity index (χ0v) is 16.7. The van der Waals surface area contributed by atoms with Crippen LogP contribution in [-0.2, 0) is 6.18 Å². The zero-order chi connectivity index (χ0) is 21.3. The van der Waals surface area contributed by atoms with Crippen LogP contribution in [0.4, 0.5) is 24.9 Å². The number of likely N-dealkylation sites (tertiary alicyclic amines) is 1. The molecule has 1 aliphatic rings. The minimum atomic E-state index is -4.47. The van der Waals surface area contributed by atoms with E-state index in [0.717, 1.165) is 31.2 Å². The Morgan fingerprint density at radius 2 is 2.03 bits per heavy atom. The lowest BCUT2D eigenvalue weighted by molar-refractivity contribution is -0.137. The minimum absolute atomic E-state index is 0.0124. The summed E-state index contributed by atoms with van der Waals surface area (Å²) in [5.41, 5.74) is 2.13. The van der Waals surface area contributed by atoms with Gasteiger partial charge in [-0.15, -0.1) is 11.3 Å². The molecule has 0 aromatic carbocycles. The summed E-state index contributed by atoms with van der Waals surface area (Å²) in [6.45, 7) is 2.40. The molecule has 11 heteroatoms. The van der Waals surface area contributed by atoms with Crippen molar-refractivity contribution >= 4 is 29.0 Å². The van der Waals surface area contributed by atoms with E-state index in [2.05, 4.69) is 25.3 Å². The summed E-state index contributed by atoms with van der Waals surface area (Å²) in [5, 5.41) is 2.72. The van der Waals surface area contributed by atoms with Crippen molar-refractivity contribution in [2.75, 3.05) is 11.9 Å². The van der Waals surface area contributed by atoms with Gasteiger partial charge in [-0.05, 0) is 38.0 Å². The summed E-state index contributed by atoms with van der Waals surface area (Å²) in [5.74, 6) is 0.0133. The van der Waals surface area contributed by atoms with Crippen LogP contribution in [0.5, 0.6) is 0 Å². The summed E-state index contributed by atoms with van der Waals surface area (Å²) in [4.78, 5) is 31.8. The van der Waals surface area contributed by atoms with Gasteiger partial charge in [0, 0.05) is 18.9 Å². The Kier molecular flexibility index (Phi) is 5.37. The number of alkyl halides is 3. The maximum absolute atomic E-state index is 12.9. The highest BCUT2D eigenvalue weighted by Gasteiger charge is 2.33. The first kappa shape index (κ1) is 20.2. The number of aromatic nitrogens is 4. The fourth-order valence-corrected chi connectivity index (χ4v) is 4.12. The van der Waals surface area contributed by atoms with Crippen molar-refractivity contribution in [1.82, 2.24) is 24.8 Å². The van der Waals surface area contributed by atoms with Crippen LogP contribution in [0.1, 0.15) is 45.5 Å². The average Bonchev–Trinajstić information content (AvgIpc) is 3.36. The number of hydrogen-bond acceptors (Lipinski definition) is 7. The van der Waals surface area contributed by atoms with Crippen LogP contribution in [0.2, 0.25) is 0 Å². The number of anilines is 2. The van der Waals surface area contributed by atoms with Crippen LogP contribution < -0.4 is 5.32 Å². The molecule has 1 atom stereocenters. The number of aryl methyl sites for hydroxylation is 1. The number of halogens is 3. The summed E-state index contributed by atoms with van der Waals surface area (Å²) in [7, 11) is 0. The van der Waals surface area contributed by atoms with E-state index in [1.807, 2.05) is 0 Å². The van der Waals surface area contributed by atoms with E-state index < -0.39 is 11.7 Å². The molecular weight excluding hydrogens is 417 g/mol. The summed E-state index contributed by atoms with van der Waals surface area (Å²) in [6.07, 6.45) is -0.319. The summed E-state index contributed by atoms with van der Waals surface area (Å²) >= 11 is 1.30. The van der Waals surface area contributed by atoms with Gasteiger partial charge in [-0.2, -0.15) is 13.2 Å². The van der Waals surface area contributed by atoms with Gasteiger partial charge in [0.15, 0.2) is 0 Å². The van der Waals surface area contributed by atoms with Gasteiger partial charge in [-0.3, -0.25) is 4.79 Å². The van der Waals surface area contributed by atoms with Gasteiger partial charge in [-0.25, -0.2) is 19.9 Å². The first-order valence-corrected chi connectivity index (χ1v) is 10.0. The molecule has 0 unspecified atom stereocenters. The van der Waals surface area contributed by atoms with Crippen molar-refractivity contribution < 1.29 is 18.0 Å². The lowest BCUT2D eigenvalue weighted by atomic mass is 10.1. The predicted octanol–water partition coefficient (Wildman–Crippen LogP) is 4.38. The van der Waals surface area contributed by atoms with Crippen molar-refractivity contribution in [3.8, 4) is 0 Å². The van der Waals surface area contributed by atoms with E-state index in [1.54, 1.807) is 23.4 Å². The number of carbonyl (C=O) groups is 1. The normalized spacial score (nSPS) is 16.7. The van der Waals surface area contributed by atoms with E-state index in [0.29, 0.717) is 22.8 Å². The Bertz CT molecular complexity index is 1070. The highest BCUT2D eigenvalue weighted by atomic mass is 32.1. The summed E-state index contributed by atoms with van der Waals surface area (Å²) < 4.78 is 38.7. The first-order valence-electron chi connectivity index (χ1n) is 9.17. The molecule has 1 fully saturated rings. The van der Waals surface area contributed by atoms with E-state index in [4.69, 9.17) is 0 Å². The molecular formula is C19H17F3N6OS. The largest absolute Gasteiger partial charge is 0.416 e. The third-order valence-corrected chi connectivity index (χ3v) is 5.72. The number of pyridine rings is 1. The lowest BCUT2D eigenvalue weighted by Crippen LogP contribution is -2.31. The van der Waals surface area contributed by atoms with Crippen LogP contribution in [0.25, 0.3) is 0 Å². The van der Waals surface area contributed by atoms with Crippen molar-refractivity contribution in [1.29, 1.82) is 0 Å². The number of rotatable bonds is 4.